The Labute approximate surface area is 170 Å². The lowest BCUT2D eigenvalue weighted by Crippen LogP contribution is -2.29. The van der Waals surface area contributed by atoms with Gasteiger partial charge in [0.1, 0.15) is 0 Å². The Bertz CT molecular complexity index is 872. The van der Waals surface area contributed by atoms with Gasteiger partial charge in [-0.05, 0) is 74.6 Å². The van der Waals surface area contributed by atoms with Gasteiger partial charge in [0.05, 0.1) is 10.7 Å². The predicted octanol–water partition coefficient (Wildman–Crippen LogP) is 4.93. The number of anilines is 3. The van der Waals surface area contributed by atoms with Crippen LogP contribution < -0.4 is 15.5 Å². The van der Waals surface area contributed by atoms with Crippen LogP contribution in [0.2, 0.25) is 5.02 Å². The Balaban J connectivity index is 1.38. The number of hydrogen-bond donors (Lipinski definition) is 2. The lowest BCUT2D eigenvalue weighted by atomic mass is 10.1. The average Bonchev–Trinajstić information content (AvgIpc) is 3.55. The Kier molecular flexibility index (Phi) is 5.53. The van der Waals surface area contributed by atoms with Gasteiger partial charge in [-0.3, -0.25) is 9.59 Å². The molecule has 2 aromatic carbocycles. The Hall–Kier alpha value is -2.53. The molecule has 1 aliphatic carbocycles. The number of carbonyl (C=O) groups is 2. The van der Waals surface area contributed by atoms with E-state index < -0.39 is 0 Å². The molecule has 2 aromatic rings. The molecule has 28 heavy (non-hydrogen) atoms. The molecule has 1 aliphatic heterocycles. The zero-order valence-electron chi connectivity index (χ0n) is 15.7. The SMILES string of the molecule is O=C(Nc1ccc(N2CCCCC2)c(Cl)c1)c1ccc(NC(=O)C2CC2)cc1. The maximum atomic E-state index is 12.5. The summed E-state index contributed by atoms with van der Waals surface area (Å²) in [4.78, 5) is 26.6. The van der Waals surface area contributed by atoms with Crippen molar-refractivity contribution in [3.05, 3.63) is 53.1 Å². The number of halogens is 1. The van der Waals surface area contributed by atoms with Crippen molar-refractivity contribution in [3.63, 3.8) is 0 Å². The van der Waals surface area contributed by atoms with E-state index in [2.05, 4.69) is 15.5 Å². The average molecular weight is 398 g/mol. The fourth-order valence-corrected chi connectivity index (χ4v) is 3.77. The highest BCUT2D eigenvalue weighted by molar-refractivity contribution is 6.33. The minimum atomic E-state index is -0.207. The van der Waals surface area contributed by atoms with Crippen molar-refractivity contribution in [3.8, 4) is 0 Å². The minimum Gasteiger partial charge on any atom is -0.370 e. The maximum Gasteiger partial charge on any atom is 0.255 e. The predicted molar refractivity (Wildman–Crippen MR) is 113 cm³/mol. The highest BCUT2D eigenvalue weighted by Gasteiger charge is 2.29. The number of piperidine rings is 1. The van der Waals surface area contributed by atoms with Gasteiger partial charge in [-0.2, -0.15) is 0 Å². The van der Waals surface area contributed by atoms with Crippen molar-refractivity contribution in [2.24, 2.45) is 5.92 Å². The van der Waals surface area contributed by atoms with E-state index in [0.717, 1.165) is 31.6 Å². The minimum absolute atomic E-state index is 0.0561. The number of benzene rings is 2. The maximum absolute atomic E-state index is 12.5. The van der Waals surface area contributed by atoms with Crippen molar-refractivity contribution >= 4 is 40.5 Å². The van der Waals surface area contributed by atoms with Crippen molar-refractivity contribution < 1.29 is 9.59 Å². The van der Waals surface area contributed by atoms with Crippen LogP contribution in [0.25, 0.3) is 0 Å². The van der Waals surface area contributed by atoms with E-state index in [1.54, 1.807) is 30.3 Å². The summed E-state index contributed by atoms with van der Waals surface area (Å²) >= 11 is 6.46. The summed E-state index contributed by atoms with van der Waals surface area (Å²) in [5, 5.41) is 6.41. The van der Waals surface area contributed by atoms with Gasteiger partial charge in [0.15, 0.2) is 0 Å². The third kappa shape index (κ3) is 4.47. The monoisotopic (exact) mass is 397 g/mol. The van der Waals surface area contributed by atoms with E-state index in [1.807, 2.05) is 12.1 Å². The quantitative estimate of drug-likeness (QED) is 0.751. The molecule has 5 nitrogen and oxygen atoms in total. The topological polar surface area (TPSA) is 61.4 Å². The number of amides is 2. The third-order valence-corrected chi connectivity index (χ3v) is 5.57. The van der Waals surface area contributed by atoms with E-state index in [9.17, 15) is 9.59 Å². The third-order valence-electron chi connectivity index (χ3n) is 5.27. The Morgan fingerprint density at radius 2 is 1.57 bits per heavy atom. The zero-order valence-corrected chi connectivity index (χ0v) is 16.5. The summed E-state index contributed by atoms with van der Waals surface area (Å²) in [5.41, 5.74) is 2.93. The molecular formula is C22H24ClN3O2. The molecule has 0 unspecified atom stereocenters. The first-order valence-corrected chi connectivity index (χ1v) is 10.2. The van der Waals surface area contributed by atoms with Gasteiger partial charge in [-0.25, -0.2) is 0 Å². The molecule has 2 aliphatic rings. The highest BCUT2D eigenvalue weighted by atomic mass is 35.5. The van der Waals surface area contributed by atoms with E-state index >= 15 is 0 Å². The molecular weight excluding hydrogens is 374 g/mol. The number of nitrogens with zero attached hydrogens (tertiary/aromatic N) is 1. The van der Waals surface area contributed by atoms with Crippen LogP contribution >= 0.6 is 11.6 Å². The lowest BCUT2D eigenvalue weighted by molar-refractivity contribution is -0.117. The lowest BCUT2D eigenvalue weighted by Gasteiger charge is -2.29. The van der Waals surface area contributed by atoms with Crippen molar-refractivity contribution in [1.82, 2.24) is 0 Å². The summed E-state index contributed by atoms with van der Waals surface area (Å²) < 4.78 is 0. The molecule has 0 spiro atoms. The fraction of sp³-hybridized carbons (Fsp3) is 0.364. The molecule has 2 N–H and O–H groups in total. The number of carbonyl (C=O) groups excluding carboxylic acids is 2. The molecule has 0 bridgehead atoms. The largest absolute Gasteiger partial charge is 0.370 e. The standard InChI is InChI=1S/C22H24ClN3O2/c23-19-14-18(10-11-20(19)26-12-2-1-3-13-26)25-22(28)16-6-8-17(9-7-16)24-21(27)15-4-5-15/h6-11,14-15H,1-5,12-13H2,(H,24,27)(H,25,28). The number of hydrogen-bond acceptors (Lipinski definition) is 3. The molecule has 146 valence electrons. The van der Waals surface area contributed by atoms with Gasteiger partial charge in [0.25, 0.3) is 5.91 Å². The molecule has 4 rings (SSSR count). The Morgan fingerprint density at radius 3 is 2.21 bits per heavy atom. The number of rotatable bonds is 5. The molecule has 2 amide bonds. The molecule has 0 radical (unpaired) electrons. The number of nitrogens with one attached hydrogen (secondary N) is 2. The summed E-state index contributed by atoms with van der Waals surface area (Å²) in [5.74, 6) is 0.00290. The fourth-order valence-electron chi connectivity index (χ4n) is 3.47. The second kappa shape index (κ2) is 8.23. The summed E-state index contributed by atoms with van der Waals surface area (Å²) in [7, 11) is 0. The second-order valence-electron chi connectivity index (χ2n) is 7.51. The van der Waals surface area contributed by atoms with Gasteiger partial charge < -0.3 is 15.5 Å². The smallest absolute Gasteiger partial charge is 0.255 e. The van der Waals surface area contributed by atoms with Crippen LogP contribution in [-0.2, 0) is 4.79 Å². The van der Waals surface area contributed by atoms with E-state index in [0.29, 0.717) is 22.0 Å². The van der Waals surface area contributed by atoms with Crippen LogP contribution in [-0.4, -0.2) is 24.9 Å². The molecule has 2 fully saturated rings. The summed E-state index contributed by atoms with van der Waals surface area (Å²) in [6, 6.07) is 12.6. The normalized spacial score (nSPS) is 16.5. The molecule has 1 heterocycles. The van der Waals surface area contributed by atoms with Crippen LogP contribution in [0.5, 0.6) is 0 Å². The first-order chi connectivity index (χ1) is 13.6. The molecule has 1 saturated carbocycles. The van der Waals surface area contributed by atoms with E-state index in [-0.39, 0.29) is 17.7 Å². The summed E-state index contributed by atoms with van der Waals surface area (Å²) in [6.07, 6.45) is 5.57. The van der Waals surface area contributed by atoms with E-state index in [1.165, 1.54) is 19.3 Å². The van der Waals surface area contributed by atoms with Crippen LogP contribution in [0.3, 0.4) is 0 Å². The second-order valence-corrected chi connectivity index (χ2v) is 7.92. The molecule has 0 aromatic heterocycles. The molecule has 1 saturated heterocycles. The van der Waals surface area contributed by atoms with Gasteiger partial charge in [-0.1, -0.05) is 11.6 Å². The van der Waals surface area contributed by atoms with Crippen molar-refractivity contribution in [2.45, 2.75) is 32.1 Å². The van der Waals surface area contributed by atoms with Crippen LogP contribution in [0.15, 0.2) is 42.5 Å². The van der Waals surface area contributed by atoms with Crippen LogP contribution in [0, 0.1) is 5.92 Å². The first kappa shape index (κ1) is 18.8. The van der Waals surface area contributed by atoms with Crippen molar-refractivity contribution in [2.75, 3.05) is 28.6 Å². The van der Waals surface area contributed by atoms with Gasteiger partial charge in [0, 0.05) is 35.9 Å². The van der Waals surface area contributed by atoms with Gasteiger partial charge in [0.2, 0.25) is 5.91 Å². The molecule has 6 heteroatoms. The summed E-state index contributed by atoms with van der Waals surface area (Å²) in [6.45, 7) is 2.05. The van der Waals surface area contributed by atoms with Gasteiger partial charge in [-0.15, -0.1) is 0 Å². The van der Waals surface area contributed by atoms with Gasteiger partial charge >= 0.3 is 0 Å². The zero-order chi connectivity index (χ0) is 19.5. The van der Waals surface area contributed by atoms with E-state index in [4.69, 9.17) is 11.6 Å². The first-order valence-electron chi connectivity index (χ1n) is 9.87. The highest BCUT2D eigenvalue weighted by Crippen LogP contribution is 2.31. The van der Waals surface area contributed by atoms with Crippen LogP contribution in [0.1, 0.15) is 42.5 Å². The molecule has 0 atom stereocenters. The van der Waals surface area contributed by atoms with Crippen LogP contribution in [0.4, 0.5) is 17.1 Å². The Morgan fingerprint density at radius 1 is 0.893 bits per heavy atom. The van der Waals surface area contributed by atoms with Crippen molar-refractivity contribution in [1.29, 1.82) is 0 Å².